The standard InChI is InChI=1S/C12H19N3O2/c1-9-14-6-5-10(15-9)7-13-8-11(16)17-12(2,3)4/h5-6,13H,7-8H2,1-4H3. The van der Waals surface area contributed by atoms with Gasteiger partial charge in [0.05, 0.1) is 12.2 Å². The molecule has 5 heteroatoms. The highest BCUT2D eigenvalue weighted by Gasteiger charge is 2.15. The Hall–Kier alpha value is -1.49. The third kappa shape index (κ3) is 5.97. The van der Waals surface area contributed by atoms with Crippen molar-refractivity contribution in [3.8, 4) is 0 Å². The summed E-state index contributed by atoms with van der Waals surface area (Å²) >= 11 is 0. The van der Waals surface area contributed by atoms with Crippen molar-refractivity contribution < 1.29 is 9.53 Å². The van der Waals surface area contributed by atoms with Crippen LogP contribution in [0, 0.1) is 6.92 Å². The molecule has 0 fully saturated rings. The third-order valence-corrected chi connectivity index (χ3v) is 1.83. The highest BCUT2D eigenvalue weighted by molar-refractivity contribution is 5.72. The Balaban J connectivity index is 2.31. The Morgan fingerprint density at radius 3 is 2.76 bits per heavy atom. The van der Waals surface area contributed by atoms with Crippen LogP contribution >= 0.6 is 0 Å². The van der Waals surface area contributed by atoms with Gasteiger partial charge in [-0.25, -0.2) is 9.97 Å². The fraction of sp³-hybridized carbons (Fsp3) is 0.583. The number of carbonyl (C=O) groups is 1. The fourth-order valence-electron chi connectivity index (χ4n) is 1.27. The van der Waals surface area contributed by atoms with Crippen molar-refractivity contribution in [1.29, 1.82) is 0 Å². The molecule has 0 aliphatic rings. The summed E-state index contributed by atoms with van der Waals surface area (Å²) in [7, 11) is 0. The first-order valence-corrected chi connectivity index (χ1v) is 5.58. The Morgan fingerprint density at radius 1 is 1.47 bits per heavy atom. The zero-order valence-corrected chi connectivity index (χ0v) is 10.8. The smallest absolute Gasteiger partial charge is 0.320 e. The monoisotopic (exact) mass is 237 g/mol. The van der Waals surface area contributed by atoms with E-state index in [1.807, 2.05) is 33.8 Å². The van der Waals surface area contributed by atoms with E-state index in [2.05, 4.69) is 15.3 Å². The first kappa shape index (κ1) is 13.6. The van der Waals surface area contributed by atoms with Crippen LogP contribution < -0.4 is 5.32 Å². The average Bonchev–Trinajstić information content (AvgIpc) is 2.14. The van der Waals surface area contributed by atoms with E-state index in [4.69, 9.17) is 4.74 Å². The molecular weight excluding hydrogens is 218 g/mol. The molecule has 0 aliphatic heterocycles. The Morgan fingerprint density at radius 2 is 2.18 bits per heavy atom. The molecule has 0 spiro atoms. The summed E-state index contributed by atoms with van der Waals surface area (Å²) in [6, 6.07) is 1.81. The molecule has 0 bridgehead atoms. The van der Waals surface area contributed by atoms with E-state index < -0.39 is 5.60 Å². The number of aromatic nitrogens is 2. The van der Waals surface area contributed by atoms with Crippen LogP contribution in [-0.4, -0.2) is 28.1 Å². The molecular formula is C12H19N3O2. The summed E-state index contributed by atoms with van der Waals surface area (Å²) in [6.07, 6.45) is 1.70. The minimum absolute atomic E-state index is 0.181. The number of nitrogens with zero attached hydrogens (tertiary/aromatic N) is 2. The summed E-state index contributed by atoms with van der Waals surface area (Å²) < 4.78 is 5.17. The highest BCUT2D eigenvalue weighted by Crippen LogP contribution is 2.06. The number of nitrogens with one attached hydrogen (secondary N) is 1. The van der Waals surface area contributed by atoms with Gasteiger partial charge in [0.25, 0.3) is 0 Å². The van der Waals surface area contributed by atoms with Crippen LogP contribution in [0.4, 0.5) is 0 Å². The molecule has 0 saturated carbocycles. The zero-order chi connectivity index (χ0) is 12.9. The maximum absolute atomic E-state index is 11.4. The molecule has 0 aromatic carbocycles. The van der Waals surface area contributed by atoms with Crippen molar-refractivity contribution in [2.24, 2.45) is 0 Å². The molecule has 1 N–H and O–H groups in total. The highest BCUT2D eigenvalue weighted by atomic mass is 16.6. The van der Waals surface area contributed by atoms with Crippen LogP contribution in [0.15, 0.2) is 12.3 Å². The van der Waals surface area contributed by atoms with Crippen LogP contribution in [0.3, 0.4) is 0 Å². The van der Waals surface area contributed by atoms with Gasteiger partial charge in [0.1, 0.15) is 11.4 Å². The molecule has 0 saturated heterocycles. The van der Waals surface area contributed by atoms with Gasteiger partial charge in [-0.1, -0.05) is 0 Å². The van der Waals surface area contributed by atoms with Crippen LogP contribution in [0.2, 0.25) is 0 Å². The summed E-state index contributed by atoms with van der Waals surface area (Å²) in [5.74, 6) is 0.463. The van der Waals surface area contributed by atoms with Crippen LogP contribution in [-0.2, 0) is 16.1 Å². The topological polar surface area (TPSA) is 64.1 Å². The van der Waals surface area contributed by atoms with Gasteiger partial charge in [-0.05, 0) is 33.8 Å². The molecule has 1 aromatic heterocycles. The molecule has 0 unspecified atom stereocenters. The molecule has 1 heterocycles. The largest absolute Gasteiger partial charge is 0.459 e. The second-order valence-corrected chi connectivity index (χ2v) is 4.79. The number of carbonyl (C=O) groups excluding carboxylic acids is 1. The third-order valence-electron chi connectivity index (χ3n) is 1.83. The minimum atomic E-state index is -0.440. The Kier molecular flexibility index (Phi) is 4.57. The molecule has 94 valence electrons. The lowest BCUT2D eigenvalue weighted by molar-refractivity contribution is -0.153. The normalized spacial score (nSPS) is 11.3. The summed E-state index contributed by atoms with van der Waals surface area (Å²) in [4.78, 5) is 19.6. The average molecular weight is 237 g/mol. The maximum Gasteiger partial charge on any atom is 0.320 e. The number of ether oxygens (including phenoxy) is 1. The van der Waals surface area contributed by atoms with Crippen LogP contribution in [0.25, 0.3) is 0 Å². The molecule has 5 nitrogen and oxygen atoms in total. The molecule has 1 aromatic rings. The number of rotatable bonds is 4. The van der Waals surface area contributed by atoms with Gasteiger partial charge in [0, 0.05) is 12.7 Å². The van der Waals surface area contributed by atoms with Gasteiger partial charge < -0.3 is 10.1 Å². The second-order valence-electron chi connectivity index (χ2n) is 4.79. The fourth-order valence-corrected chi connectivity index (χ4v) is 1.27. The molecule has 17 heavy (non-hydrogen) atoms. The molecule has 0 amide bonds. The zero-order valence-electron chi connectivity index (χ0n) is 10.8. The SMILES string of the molecule is Cc1nccc(CNCC(=O)OC(C)(C)C)n1. The van der Waals surface area contributed by atoms with Gasteiger partial charge in [0.15, 0.2) is 0 Å². The van der Waals surface area contributed by atoms with Crippen molar-refractivity contribution in [1.82, 2.24) is 15.3 Å². The van der Waals surface area contributed by atoms with Crippen molar-refractivity contribution in [2.45, 2.75) is 39.8 Å². The molecule has 0 aliphatic carbocycles. The van der Waals surface area contributed by atoms with Gasteiger partial charge in [-0.2, -0.15) is 0 Å². The Bertz CT molecular complexity index is 386. The van der Waals surface area contributed by atoms with Crippen LogP contribution in [0.1, 0.15) is 32.3 Å². The summed E-state index contributed by atoms with van der Waals surface area (Å²) in [5.41, 5.74) is 0.422. The Labute approximate surface area is 102 Å². The van der Waals surface area contributed by atoms with E-state index in [0.717, 1.165) is 11.5 Å². The van der Waals surface area contributed by atoms with Gasteiger partial charge in [0.2, 0.25) is 0 Å². The van der Waals surface area contributed by atoms with Crippen LogP contribution in [0.5, 0.6) is 0 Å². The van der Waals surface area contributed by atoms with Gasteiger partial charge >= 0.3 is 5.97 Å². The van der Waals surface area contributed by atoms with Gasteiger partial charge in [-0.3, -0.25) is 4.79 Å². The maximum atomic E-state index is 11.4. The molecule has 1 rings (SSSR count). The lowest BCUT2D eigenvalue weighted by atomic mass is 10.2. The number of hydrogen-bond donors (Lipinski definition) is 1. The minimum Gasteiger partial charge on any atom is -0.459 e. The quantitative estimate of drug-likeness (QED) is 0.798. The van der Waals surface area contributed by atoms with E-state index in [9.17, 15) is 4.79 Å². The number of aryl methyl sites for hydroxylation is 1. The predicted molar refractivity (Wildman–Crippen MR) is 64.3 cm³/mol. The summed E-state index contributed by atoms with van der Waals surface area (Å²) in [6.45, 7) is 8.08. The summed E-state index contributed by atoms with van der Waals surface area (Å²) in [5, 5.41) is 2.99. The van der Waals surface area contributed by atoms with E-state index in [1.165, 1.54) is 0 Å². The van der Waals surface area contributed by atoms with Crippen molar-refractivity contribution in [3.05, 3.63) is 23.8 Å². The first-order chi connectivity index (χ1) is 7.87. The predicted octanol–water partition coefficient (Wildman–Crippen LogP) is 1.22. The van der Waals surface area contributed by atoms with E-state index >= 15 is 0 Å². The number of hydrogen-bond acceptors (Lipinski definition) is 5. The first-order valence-electron chi connectivity index (χ1n) is 5.58. The van der Waals surface area contributed by atoms with E-state index in [0.29, 0.717) is 6.54 Å². The second kappa shape index (κ2) is 5.72. The van der Waals surface area contributed by atoms with Crippen molar-refractivity contribution in [2.75, 3.05) is 6.54 Å². The van der Waals surface area contributed by atoms with E-state index in [-0.39, 0.29) is 12.5 Å². The van der Waals surface area contributed by atoms with Gasteiger partial charge in [-0.15, -0.1) is 0 Å². The van der Waals surface area contributed by atoms with E-state index in [1.54, 1.807) is 6.20 Å². The number of esters is 1. The molecule has 0 atom stereocenters. The molecule has 0 radical (unpaired) electrons. The van der Waals surface area contributed by atoms with Crippen molar-refractivity contribution >= 4 is 5.97 Å². The van der Waals surface area contributed by atoms with Crippen molar-refractivity contribution in [3.63, 3.8) is 0 Å². The lowest BCUT2D eigenvalue weighted by Crippen LogP contribution is -2.31. The lowest BCUT2D eigenvalue weighted by Gasteiger charge is -2.19.